The Kier molecular flexibility index (Phi) is 7.41. The Morgan fingerprint density at radius 3 is 2.56 bits per heavy atom. The van der Waals surface area contributed by atoms with Crippen LogP contribution in [-0.2, 0) is 23.6 Å². The van der Waals surface area contributed by atoms with Crippen LogP contribution in [0.1, 0.15) is 6.92 Å². The molecule has 102 valence electrons. The molecule has 0 aromatic carbocycles. The smallest absolute Gasteiger partial charge is 0.451 e. The van der Waals surface area contributed by atoms with Crippen molar-refractivity contribution in [3.63, 3.8) is 0 Å². The molecule has 6 nitrogen and oxygen atoms in total. The zero-order valence-electron chi connectivity index (χ0n) is 9.70. The summed E-state index contributed by atoms with van der Waals surface area (Å²) in [5.41, 5.74) is -0.383. The minimum atomic E-state index is -4.46. The van der Waals surface area contributed by atoms with E-state index in [4.69, 9.17) is 0 Å². The molecule has 0 amide bonds. The molecule has 1 N–H and O–H groups in total. The average molecular weight is 294 g/mol. The predicted molar refractivity (Wildman–Crippen MR) is 69.5 cm³/mol. The summed E-state index contributed by atoms with van der Waals surface area (Å²) in [6, 6.07) is 0. The molecule has 0 aliphatic rings. The molecule has 0 aromatic rings. The monoisotopic (exact) mass is 294 g/mol. The van der Waals surface area contributed by atoms with Gasteiger partial charge >= 0.3 is 16.4 Å². The molecule has 0 heterocycles. The fourth-order valence-corrected chi connectivity index (χ4v) is 1.67. The number of aliphatic hydroxyl groups is 1. The Bertz CT molecular complexity index is 461. The molecule has 0 radical (unpaired) electrons. The Morgan fingerprint density at radius 1 is 1.50 bits per heavy atom. The van der Waals surface area contributed by atoms with Crippen molar-refractivity contribution in [3.8, 4) is 0 Å². The van der Waals surface area contributed by atoms with Crippen LogP contribution >= 0.6 is 12.6 Å². The summed E-state index contributed by atoms with van der Waals surface area (Å²) in [6.45, 7) is 4.65. The standard InChI is InChI=1S/C10H14O6S2/c1-3-5-9(11)8(4-2)10(12)16-18(13,14)15-6-7-17/h3-5,11,17H,2,6-7H2,1H3/b5-3-,9-8-. The van der Waals surface area contributed by atoms with E-state index in [2.05, 4.69) is 27.6 Å². The van der Waals surface area contributed by atoms with Gasteiger partial charge in [0.2, 0.25) is 0 Å². The van der Waals surface area contributed by atoms with E-state index in [1.807, 2.05) is 0 Å². The van der Waals surface area contributed by atoms with Crippen LogP contribution in [-0.4, -0.2) is 31.9 Å². The summed E-state index contributed by atoms with van der Waals surface area (Å²) in [5, 5.41) is 9.43. The lowest BCUT2D eigenvalue weighted by molar-refractivity contribution is -0.130. The highest BCUT2D eigenvalue weighted by Crippen LogP contribution is 2.10. The third kappa shape index (κ3) is 5.89. The van der Waals surface area contributed by atoms with Crippen LogP contribution in [0.5, 0.6) is 0 Å². The van der Waals surface area contributed by atoms with Crippen molar-refractivity contribution in [2.24, 2.45) is 0 Å². The maximum absolute atomic E-state index is 11.4. The van der Waals surface area contributed by atoms with Gasteiger partial charge in [0.05, 0.1) is 6.61 Å². The van der Waals surface area contributed by atoms with E-state index in [-0.39, 0.29) is 17.9 Å². The highest BCUT2D eigenvalue weighted by molar-refractivity contribution is 7.82. The van der Waals surface area contributed by atoms with Crippen molar-refractivity contribution in [1.29, 1.82) is 0 Å². The van der Waals surface area contributed by atoms with Gasteiger partial charge in [-0.2, -0.15) is 21.0 Å². The number of rotatable bonds is 7. The molecule has 0 spiro atoms. The largest absolute Gasteiger partial charge is 0.507 e. The number of carbonyl (C=O) groups excluding carboxylic acids is 1. The van der Waals surface area contributed by atoms with Crippen LogP contribution in [0.4, 0.5) is 0 Å². The second-order valence-electron chi connectivity index (χ2n) is 2.83. The number of carbonyl (C=O) groups is 1. The molecule has 0 unspecified atom stereocenters. The van der Waals surface area contributed by atoms with E-state index >= 15 is 0 Å². The molecule has 0 fully saturated rings. The lowest BCUT2D eigenvalue weighted by Gasteiger charge is -2.06. The number of hydrogen-bond acceptors (Lipinski definition) is 7. The molecule has 0 bridgehead atoms. The number of allylic oxidation sites excluding steroid dienone is 2. The average Bonchev–Trinajstić information content (AvgIpc) is 2.27. The maximum Gasteiger partial charge on any atom is 0.451 e. The molecule has 18 heavy (non-hydrogen) atoms. The summed E-state index contributed by atoms with van der Waals surface area (Å²) in [6.07, 6.45) is 3.63. The fraction of sp³-hybridized carbons (Fsp3) is 0.300. The minimum Gasteiger partial charge on any atom is -0.507 e. The normalized spacial score (nSPS) is 13.2. The van der Waals surface area contributed by atoms with Crippen LogP contribution in [0.25, 0.3) is 0 Å². The molecule has 0 aliphatic carbocycles. The van der Waals surface area contributed by atoms with E-state index in [1.165, 1.54) is 12.2 Å². The van der Waals surface area contributed by atoms with Crippen LogP contribution in [0, 0.1) is 0 Å². The first-order valence-corrected chi connectivity index (χ1v) is 6.77. The predicted octanol–water partition coefficient (Wildman–Crippen LogP) is 1.29. The van der Waals surface area contributed by atoms with E-state index in [9.17, 15) is 18.3 Å². The molecule has 0 atom stereocenters. The van der Waals surface area contributed by atoms with Crippen LogP contribution in [0.3, 0.4) is 0 Å². The molecule has 0 saturated carbocycles. The first-order chi connectivity index (χ1) is 8.37. The molecule has 0 rings (SSSR count). The van der Waals surface area contributed by atoms with Crippen molar-refractivity contribution in [2.45, 2.75) is 6.92 Å². The highest BCUT2D eigenvalue weighted by Gasteiger charge is 2.21. The second kappa shape index (κ2) is 7.96. The lowest BCUT2D eigenvalue weighted by atomic mass is 10.2. The Labute approximate surface area is 111 Å². The summed E-state index contributed by atoms with van der Waals surface area (Å²) in [4.78, 5) is 11.4. The first-order valence-electron chi connectivity index (χ1n) is 4.80. The van der Waals surface area contributed by atoms with Gasteiger partial charge in [-0.3, -0.25) is 0 Å². The van der Waals surface area contributed by atoms with Gasteiger partial charge in [0.25, 0.3) is 0 Å². The van der Waals surface area contributed by atoms with Crippen LogP contribution in [0.15, 0.2) is 36.1 Å². The van der Waals surface area contributed by atoms with Gasteiger partial charge in [-0.15, -0.1) is 0 Å². The third-order valence-corrected chi connectivity index (χ3v) is 2.51. The van der Waals surface area contributed by atoms with E-state index in [1.54, 1.807) is 6.92 Å². The molecule has 0 saturated heterocycles. The van der Waals surface area contributed by atoms with Crippen LogP contribution < -0.4 is 0 Å². The topological polar surface area (TPSA) is 89.9 Å². The van der Waals surface area contributed by atoms with Gasteiger partial charge < -0.3 is 9.29 Å². The van der Waals surface area contributed by atoms with E-state index in [0.29, 0.717) is 0 Å². The Hall–Kier alpha value is -1.25. The second-order valence-corrected chi connectivity index (χ2v) is 4.49. The number of hydrogen-bond donors (Lipinski definition) is 2. The number of thiol groups is 1. The minimum absolute atomic E-state index is 0.144. The van der Waals surface area contributed by atoms with Gasteiger partial charge in [0.15, 0.2) is 0 Å². The zero-order chi connectivity index (χ0) is 14.2. The Morgan fingerprint density at radius 2 is 2.11 bits per heavy atom. The Balaban J connectivity index is 4.96. The quantitative estimate of drug-likeness (QED) is 0.318. The van der Waals surface area contributed by atoms with Crippen molar-refractivity contribution in [1.82, 2.24) is 0 Å². The van der Waals surface area contributed by atoms with Gasteiger partial charge in [-0.05, 0) is 13.0 Å². The van der Waals surface area contributed by atoms with Gasteiger partial charge in [-0.25, -0.2) is 8.98 Å². The molecule has 0 aromatic heterocycles. The number of aliphatic hydroxyl groups excluding tert-OH is 1. The maximum atomic E-state index is 11.4. The summed E-state index contributed by atoms with van der Waals surface area (Å²) >= 11 is 3.74. The fourth-order valence-electron chi connectivity index (χ4n) is 0.841. The van der Waals surface area contributed by atoms with Gasteiger partial charge in [0, 0.05) is 5.75 Å². The van der Waals surface area contributed by atoms with E-state index < -0.39 is 22.1 Å². The van der Waals surface area contributed by atoms with E-state index in [0.717, 1.165) is 6.08 Å². The molecule has 8 heteroatoms. The zero-order valence-corrected chi connectivity index (χ0v) is 11.4. The van der Waals surface area contributed by atoms with Gasteiger partial charge in [-0.1, -0.05) is 18.7 Å². The van der Waals surface area contributed by atoms with Crippen LogP contribution in [0.2, 0.25) is 0 Å². The summed E-state index contributed by atoms with van der Waals surface area (Å²) in [7, 11) is -4.46. The highest BCUT2D eigenvalue weighted by atomic mass is 32.3. The molecular weight excluding hydrogens is 280 g/mol. The molecular formula is C10H14O6S2. The first kappa shape index (κ1) is 16.8. The van der Waals surface area contributed by atoms with Gasteiger partial charge in [0.1, 0.15) is 11.3 Å². The summed E-state index contributed by atoms with van der Waals surface area (Å²) in [5.74, 6) is -1.59. The van der Waals surface area contributed by atoms with Crippen molar-refractivity contribution in [2.75, 3.05) is 12.4 Å². The third-order valence-electron chi connectivity index (χ3n) is 1.52. The van der Waals surface area contributed by atoms with Crippen molar-refractivity contribution < 1.29 is 26.7 Å². The molecule has 0 aliphatic heterocycles. The SMILES string of the molecule is C=C/C(C(=O)OS(=O)(=O)OCCS)=C(O)\C=C/C. The van der Waals surface area contributed by atoms with Crippen molar-refractivity contribution in [3.05, 3.63) is 36.1 Å². The van der Waals surface area contributed by atoms with Crippen molar-refractivity contribution >= 4 is 29.0 Å². The lowest BCUT2D eigenvalue weighted by Crippen LogP contribution is -2.18. The summed E-state index contributed by atoms with van der Waals surface area (Å²) < 4.78 is 30.7.